The fourth-order valence-electron chi connectivity index (χ4n) is 5.42. The third kappa shape index (κ3) is 7.56. The zero-order chi connectivity index (χ0) is 28.6. The van der Waals surface area contributed by atoms with Gasteiger partial charge in [-0.15, -0.1) is 16.9 Å². The second-order valence-corrected chi connectivity index (χ2v) is 11.7. The maximum Gasteiger partial charge on any atom is 0.119 e. The molecule has 1 fully saturated rings. The zero-order valence-corrected chi connectivity index (χ0v) is 25.4. The Morgan fingerprint density at radius 2 is 1.49 bits per heavy atom. The van der Waals surface area contributed by atoms with E-state index in [-0.39, 0.29) is 30.3 Å². The third-order valence-corrected chi connectivity index (χ3v) is 8.70. The molecule has 0 amide bonds. The summed E-state index contributed by atoms with van der Waals surface area (Å²) in [5.74, 6) is 0.151. The van der Waals surface area contributed by atoms with Crippen molar-refractivity contribution in [3.8, 4) is 0 Å². The fourth-order valence-corrected chi connectivity index (χ4v) is 5.94. The van der Waals surface area contributed by atoms with Crippen molar-refractivity contribution in [3.63, 3.8) is 0 Å². The summed E-state index contributed by atoms with van der Waals surface area (Å²) < 4.78 is 20.2. The first kappa shape index (κ1) is 29.7. The first-order valence-electron chi connectivity index (χ1n) is 14.2. The lowest BCUT2D eigenvalue weighted by Gasteiger charge is -2.46. The van der Waals surface area contributed by atoms with Gasteiger partial charge in [-0.2, -0.15) is 5.10 Å². The van der Waals surface area contributed by atoms with E-state index in [1.54, 1.807) is 11.8 Å². The number of benzene rings is 3. The third-order valence-electron chi connectivity index (χ3n) is 7.70. The molecule has 5 rings (SSSR count). The van der Waals surface area contributed by atoms with Crippen LogP contribution in [0.25, 0.3) is 0 Å². The van der Waals surface area contributed by atoms with Gasteiger partial charge in [0.25, 0.3) is 0 Å². The van der Waals surface area contributed by atoms with Gasteiger partial charge in [0.1, 0.15) is 17.2 Å². The number of ether oxygens (including phenoxy) is 3. The molecular formula is C34H37ClN2O3S. The molecule has 0 N–H and O–H groups in total. The van der Waals surface area contributed by atoms with Crippen LogP contribution in [-0.4, -0.2) is 34.8 Å². The second-order valence-electron chi connectivity index (χ2n) is 10.5. The molecule has 41 heavy (non-hydrogen) atoms. The van der Waals surface area contributed by atoms with Gasteiger partial charge in [-0.05, 0) is 53.1 Å². The predicted molar refractivity (Wildman–Crippen MR) is 165 cm³/mol. The quantitative estimate of drug-likeness (QED) is 0.165. The highest BCUT2D eigenvalue weighted by atomic mass is 35.5. The molecule has 4 aromatic rings. The number of hydrogen-bond donors (Lipinski definition) is 0. The van der Waals surface area contributed by atoms with Crippen LogP contribution in [0.3, 0.4) is 0 Å². The maximum absolute atomic E-state index is 6.81. The Kier molecular flexibility index (Phi) is 10.5. The Labute approximate surface area is 252 Å². The normalized spacial score (nSPS) is 22.5. The summed E-state index contributed by atoms with van der Waals surface area (Å²) in [5, 5.41) is 10.3. The molecule has 0 radical (unpaired) electrons. The van der Waals surface area contributed by atoms with Gasteiger partial charge in [-0.1, -0.05) is 98.2 Å². The van der Waals surface area contributed by atoms with Crippen LogP contribution in [-0.2, 0) is 33.8 Å². The molecule has 1 aliphatic rings. The first-order chi connectivity index (χ1) is 20.1. The van der Waals surface area contributed by atoms with Crippen molar-refractivity contribution < 1.29 is 14.2 Å². The smallest absolute Gasteiger partial charge is 0.119 e. The number of thioether (sulfide) groups is 1. The minimum Gasteiger partial charge on any atom is -0.370 e. The van der Waals surface area contributed by atoms with Crippen molar-refractivity contribution in [3.05, 3.63) is 124 Å². The van der Waals surface area contributed by atoms with Crippen molar-refractivity contribution in [1.82, 2.24) is 10.2 Å². The predicted octanol–water partition coefficient (Wildman–Crippen LogP) is 8.10. The number of rotatable bonds is 11. The van der Waals surface area contributed by atoms with Crippen molar-refractivity contribution in [2.75, 3.05) is 6.26 Å². The van der Waals surface area contributed by atoms with E-state index in [1.165, 1.54) is 0 Å². The molecule has 5 atom stereocenters. The molecular weight excluding hydrogens is 552 g/mol. The van der Waals surface area contributed by atoms with Crippen LogP contribution in [0, 0.1) is 5.92 Å². The molecule has 0 saturated carbocycles. The van der Waals surface area contributed by atoms with Crippen molar-refractivity contribution >= 4 is 23.4 Å². The fraction of sp³-hybridized carbons (Fsp3) is 0.353. The number of halogens is 1. The Hall–Kier alpha value is -2.74. The van der Waals surface area contributed by atoms with E-state index in [9.17, 15) is 0 Å². The topological polar surface area (TPSA) is 53.5 Å². The zero-order valence-electron chi connectivity index (χ0n) is 23.8. The molecule has 5 nitrogen and oxygen atoms in total. The maximum atomic E-state index is 6.81. The van der Waals surface area contributed by atoms with Gasteiger partial charge >= 0.3 is 0 Å². The Morgan fingerprint density at radius 1 is 0.829 bits per heavy atom. The van der Waals surface area contributed by atoms with Crippen LogP contribution in [0.15, 0.2) is 96.0 Å². The summed E-state index contributed by atoms with van der Waals surface area (Å²) in [6.07, 6.45) is 2.69. The molecule has 1 aliphatic heterocycles. The molecule has 7 heteroatoms. The molecule has 0 unspecified atom stereocenters. The average Bonchev–Trinajstić information content (AvgIpc) is 3.02. The van der Waals surface area contributed by atoms with Crippen molar-refractivity contribution in [2.24, 2.45) is 5.92 Å². The molecule has 2 heterocycles. The lowest BCUT2D eigenvalue weighted by Crippen LogP contribution is -2.51. The van der Waals surface area contributed by atoms with Gasteiger partial charge in [0.2, 0.25) is 0 Å². The van der Waals surface area contributed by atoms with E-state index in [4.69, 9.17) is 25.8 Å². The van der Waals surface area contributed by atoms with Gasteiger partial charge < -0.3 is 14.2 Å². The van der Waals surface area contributed by atoms with Crippen LogP contribution in [0.5, 0.6) is 0 Å². The average molecular weight is 589 g/mol. The highest BCUT2D eigenvalue weighted by Crippen LogP contribution is 2.41. The highest BCUT2D eigenvalue weighted by molar-refractivity contribution is 7.98. The Morgan fingerprint density at radius 3 is 2.07 bits per heavy atom. The van der Waals surface area contributed by atoms with E-state index < -0.39 is 0 Å². The monoisotopic (exact) mass is 588 g/mol. The number of nitrogens with zero attached hydrogens (tertiary/aromatic N) is 2. The molecule has 0 bridgehead atoms. The summed E-state index contributed by atoms with van der Waals surface area (Å²) >= 11 is 8.27. The summed E-state index contributed by atoms with van der Waals surface area (Å²) in [5.41, 5.74) is 5.12. The van der Waals surface area contributed by atoms with Gasteiger partial charge in [0.15, 0.2) is 0 Å². The lowest BCUT2D eigenvalue weighted by molar-refractivity contribution is -0.234. The van der Waals surface area contributed by atoms with Gasteiger partial charge in [0.05, 0.1) is 31.1 Å². The minimum atomic E-state index is -0.318. The van der Waals surface area contributed by atoms with E-state index in [2.05, 4.69) is 60.4 Å². The van der Waals surface area contributed by atoms with Crippen LogP contribution in [0.2, 0.25) is 5.02 Å². The summed E-state index contributed by atoms with van der Waals surface area (Å²) in [6.45, 7) is 5.36. The lowest BCUT2D eigenvalue weighted by atomic mass is 9.84. The van der Waals surface area contributed by atoms with Crippen LogP contribution < -0.4 is 0 Å². The number of hydrogen-bond acceptors (Lipinski definition) is 6. The second kappa shape index (κ2) is 14.4. The van der Waals surface area contributed by atoms with Crippen molar-refractivity contribution in [1.29, 1.82) is 0 Å². The summed E-state index contributed by atoms with van der Waals surface area (Å²) in [4.78, 5) is 0. The van der Waals surface area contributed by atoms with Gasteiger partial charge in [-0.25, -0.2) is 0 Å². The van der Waals surface area contributed by atoms with Gasteiger partial charge in [0, 0.05) is 17.4 Å². The van der Waals surface area contributed by atoms with Crippen LogP contribution in [0.4, 0.5) is 0 Å². The molecule has 1 saturated heterocycles. The van der Waals surface area contributed by atoms with E-state index >= 15 is 0 Å². The Balaban J connectivity index is 1.45. The molecule has 0 aliphatic carbocycles. The van der Waals surface area contributed by atoms with Crippen LogP contribution in [0.1, 0.15) is 54.3 Å². The van der Waals surface area contributed by atoms with E-state index in [1.807, 2.05) is 60.9 Å². The largest absolute Gasteiger partial charge is 0.370 e. The van der Waals surface area contributed by atoms with Crippen LogP contribution >= 0.6 is 23.4 Å². The van der Waals surface area contributed by atoms with E-state index in [0.717, 1.165) is 39.4 Å². The summed E-state index contributed by atoms with van der Waals surface area (Å²) in [6, 6.07) is 30.7. The highest BCUT2D eigenvalue weighted by Gasteiger charge is 2.45. The molecule has 3 aromatic carbocycles. The summed E-state index contributed by atoms with van der Waals surface area (Å²) in [7, 11) is 0. The van der Waals surface area contributed by atoms with Crippen molar-refractivity contribution in [2.45, 2.75) is 69.3 Å². The molecule has 1 aromatic heterocycles. The Bertz CT molecular complexity index is 1370. The SMILES string of the molecule is CC[C@H]1O[C@@H](c2ccc(Cl)c(Cc3ccc(SC)nn3)c2)[C@H](OCc2ccccc2)[C@@H](OCc2ccccc2)[C@@H]1C. The van der Waals surface area contributed by atoms with Gasteiger partial charge in [-0.3, -0.25) is 0 Å². The standard InChI is InChI=1S/C34H37ClN2O3S/c1-4-30-23(2)32(38-21-24-11-7-5-8-12-24)34(39-22-25-13-9-6-10-14-25)33(40-30)26-15-17-29(35)27(19-26)20-28-16-18-31(41-3)37-36-28/h5-19,23,30,32-34H,4,20-22H2,1-3H3/t23-,30-,32+,33+,34-/m1/s1. The van der Waals surface area contributed by atoms with E-state index in [0.29, 0.717) is 24.7 Å². The molecule has 214 valence electrons. The first-order valence-corrected chi connectivity index (χ1v) is 15.8. The number of aromatic nitrogens is 2. The minimum absolute atomic E-state index is 0.0291. The molecule has 0 spiro atoms.